The van der Waals surface area contributed by atoms with Gasteiger partial charge in [-0.05, 0) is 17.7 Å². The molecule has 0 saturated heterocycles. The fourth-order valence-corrected chi connectivity index (χ4v) is 1.60. The molecule has 0 N–H and O–H groups in total. The third-order valence-electron chi connectivity index (χ3n) is 2.26. The number of halogens is 1. The Labute approximate surface area is 105 Å². The Morgan fingerprint density at radius 1 is 0.941 bits per heavy atom. The van der Waals surface area contributed by atoms with Gasteiger partial charge in [0.05, 0.1) is 0 Å². The van der Waals surface area contributed by atoms with Crippen molar-refractivity contribution in [1.82, 2.24) is 0 Å². The second-order valence-corrected chi connectivity index (χ2v) is 3.94. The van der Waals surface area contributed by atoms with Gasteiger partial charge in [0.1, 0.15) is 5.75 Å². The average molecular weight is 247 g/mol. The van der Waals surface area contributed by atoms with E-state index in [1.54, 1.807) is 36.4 Å². The van der Waals surface area contributed by atoms with Crippen molar-refractivity contribution in [3.05, 3.63) is 66.2 Å². The molecular formula is C14H11ClO2. The summed E-state index contributed by atoms with van der Waals surface area (Å²) in [5.74, 6) is 0.0307. The first-order valence-electron chi connectivity index (χ1n) is 5.23. The molecule has 0 radical (unpaired) electrons. The minimum Gasteiger partial charge on any atom is -0.425 e. The van der Waals surface area contributed by atoms with E-state index in [9.17, 15) is 4.79 Å². The van der Waals surface area contributed by atoms with Gasteiger partial charge in [0.15, 0.2) is 5.38 Å². The van der Waals surface area contributed by atoms with Gasteiger partial charge in [-0.25, -0.2) is 4.79 Å². The fourth-order valence-electron chi connectivity index (χ4n) is 1.41. The largest absolute Gasteiger partial charge is 0.425 e. The molecule has 0 heterocycles. The van der Waals surface area contributed by atoms with Crippen molar-refractivity contribution in [3.8, 4) is 5.75 Å². The first-order chi connectivity index (χ1) is 8.27. The lowest BCUT2D eigenvalue weighted by Gasteiger charge is -2.09. The number of rotatable bonds is 3. The molecule has 17 heavy (non-hydrogen) atoms. The summed E-state index contributed by atoms with van der Waals surface area (Å²) < 4.78 is 5.16. The molecule has 2 nitrogen and oxygen atoms in total. The van der Waals surface area contributed by atoms with Crippen molar-refractivity contribution in [2.24, 2.45) is 0 Å². The molecule has 0 spiro atoms. The van der Waals surface area contributed by atoms with Crippen LogP contribution in [0, 0.1) is 0 Å². The molecule has 2 rings (SSSR count). The monoisotopic (exact) mass is 246 g/mol. The Kier molecular flexibility index (Phi) is 3.78. The Morgan fingerprint density at radius 3 is 2.06 bits per heavy atom. The number of carbonyl (C=O) groups is 1. The van der Waals surface area contributed by atoms with E-state index in [4.69, 9.17) is 16.3 Å². The van der Waals surface area contributed by atoms with Crippen LogP contribution in [0.2, 0.25) is 0 Å². The standard InChI is InChI=1S/C14H11ClO2/c15-13(11-7-3-1-4-8-11)14(16)17-12-9-5-2-6-10-12/h1-10,13H. The fraction of sp³-hybridized carbons (Fsp3) is 0.0714. The summed E-state index contributed by atoms with van der Waals surface area (Å²) in [4.78, 5) is 11.8. The van der Waals surface area contributed by atoms with Gasteiger partial charge in [0.25, 0.3) is 0 Å². The number of para-hydroxylation sites is 1. The van der Waals surface area contributed by atoms with Crippen LogP contribution in [0.4, 0.5) is 0 Å². The molecule has 2 aromatic carbocycles. The van der Waals surface area contributed by atoms with Crippen LogP contribution in [0.1, 0.15) is 10.9 Å². The van der Waals surface area contributed by atoms with E-state index in [1.165, 1.54) is 0 Å². The van der Waals surface area contributed by atoms with E-state index in [-0.39, 0.29) is 0 Å². The highest BCUT2D eigenvalue weighted by Gasteiger charge is 2.19. The predicted octanol–water partition coefficient (Wildman–Crippen LogP) is 3.57. The normalized spacial score (nSPS) is 11.8. The molecule has 3 heteroatoms. The number of benzene rings is 2. The second kappa shape index (κ2) is 5.51. The molecule has 0 aliphatic carbocycles. The molecule has 1 unspecified atom stereocenters. The SMILES string of the molecule is O=C(Oc1ccccc1)C(Cl)c1ccccc1. The van der Waals surface area contributed by atoms with Gasteiger partial charge in [-0.1, -0.05) is 48.5 Å². The van der Waals surface area contributed by atoms with Crippen molar-refractivity contribution in [2.75, 3.05) is 0 Å². The molecule has 2 aromatic rings. The molecule has 0 saturated carbocycles. The van der Waals surface area contributed by atoms with E-state index in [0.717, 1.165) is 5.56 Å². The quantitative estimate of drug-likeness (QED) is 0.470. The Balaban J connectivity index is 2.06. The summed E-state index contributed by atoms with van der Waals surface area (Å²) in [6, 6.07) is 18.0. The number of hydrogen-bond donors (Lipinski definition) is 0. The van der Waals surface area contributed by atoms with Gasteiger partial charge in [-0.2, -0.15) is 0 Å². The van der Waals surface area contributed by atoms with Gasteiger partial charge in [-0.3, -0.25) is 0 Å². The van der Waals surface area contributed by atoms with Crippen LogP contribution in [0.25, 0.3) is 0 Å². The zero-order valence-electron chi connectivity index (χ0n) is 9.05. The van der Waals surface area contributed by atoms with Crippen LogP contribution in [0.5, 0.6) is 5.75 Å². The van der Waals surface area contributed by atoms with Crippen LogP contribution in [-0.2, 0) is 4.79 Å². The highest BCUT2D eigenvalue weighted by Crippen LogP contribution is 2.22. The Hall–Kier alpha value is -1.80. The summed E-state index contributed by atoms with van der Waals surface area (Å²) >= 11 is 6.03. The summed E-state index contributed by atoms with van der Waals surface area (Å²) in [7, 11) is 0. The summed E-state index contributed by atoms with van der Waals surface area (Å²) in [5, 5.41) is -0.781. The summed E-state index contributed by atoms with van der Waals surface area (Å²) in [6.07, 6.45) is 0. The van der Waals surface area contributed by atoms with E-state index in [0.29, 0.717) is 5.75 Å². The van der Waals surface area contributed by atoms with E-state index < -0.39 is 11.3 Å². The molecule has 0 fully saturated rings. The van der Waals surface area contributed by atoms with Crippen molar-refractivity contribution in [3.63, 3.8) is 0 Å². The van der Waals surface area contributed by atoms with Gasteiger partial charge in [0, 0.05) is 0 Å². The third kappa shape index (κ3) is 3.08. The van der Waals surface area contributed by atoms with Crippen molar-refractivity contribution in [1.29, 1.82) is 0 Å². The van der Waals surface area contributed by atoms with E-state index in [1.807, 2.05) is 24.3 Å². The molecule has 86 valence electrons. The van der Waals surface area contributed by atoms with E-state index in [2.05, 4.69) is 0 Å². The highest BCUT2D eigenvalue weighted by molar-refractivity contribution is 6.30. The zero-order valence-corrected chi connectivity index (χ0v) is 9.80. The molecule has 0 aliphatic rings. The number of ether oxygens (including phenoxy) is 1. The molecule has 1 atom stereocenters. The maximum absolute atomic E-state index is 11.8. The predicted molar refractivity (Wildman–Crippen MR) is 67.1 cm³/mol. The van der Waals surface area contributed by atoms with Crippen LogP contribution in [0.3, 0.4) is 0 Å². The van der Waals surface area contributed by atoms with Crippen molar-refractivity contribution >= 4 is 17.6 Å². The maximum atomic E-state index is 11.8. The molecule has 0 aliphatic heterocycles. The lowest BCUT2D eigenvalue weighted by molar-refractivity contribution is -0.134. The Bertz CT molecular complexity index is 482. The minimum atomic E-state index is -0.781. The molecule has 0 bridgehead atoms. The van der Waals surface area contributed by atoms with Gasteiger partial charge < -0.3 is 4.74 Å². The van der Waals surface area contributed by atoms with Crippen LogP contribution in [-0.4, -0.2) is 5.97 Å². The van der Waals surface area contributed by atoms with Crippen LogP contribution in [0.15, 0.2) is 60.7 Å². The smallest absolute Gasteiger partial charge is 0.334 e. The summed E-state index contributed by atoms with van der Waals surface area (Å²) in [6.45, 7) is 0. The van der Waals surface area contributed by atoms with Crippen molar-refractivity contribution in [2.45, 2.75) is 5.38 Å². The number of esters is 1. The lowest BCUT2D eigenvalue weighted by Crippen LogP contribution is -2.14. The van der Waals surface area contributed by atoms with Crippen molar-refractivity contribution < 1.29 is 9.53 Å². The molecule has 0 aromatic heterocycles. The first kappa shape index (κ1) is 11.7. The number of carbonyl (C=O) groups excluding carboxylic acids is 1. The maximum Gasteiger partial charge on any atom is 0.334 e. The van der Waals surface area contributed by atoms with E-state index >= 15 is 0 Å². The van der Waals surface area contributed by atoms with Crippen LogP contribution < -0.4 is 4.74 Å². The Morgan fingerprint density at radius 2 is 1.47 bits per heavy atom. The van der Waals surface area contributed by atoms with Gasteiger partial charge in [-0.15, -0.1) is 11.6 Å². The highest BCUT2D eigenvalue weighted by atomic mass is 35.5. The zero-order chi connectivity index (χ0) is 12.1. The minimum absolute atomic E-state index is 0.468. The number of hydrogen-bond acceptors (Lipinski definition) is 2. The van der Waals surface area contributed by atoms with Crippen LogP contribution >= 0.6 is 11.6 Å². The average Bonchev–Trinajstić information content (AvgIpc) is 2.40. The van der Waals surface area contributed by atoms with Gasteiger partial charge >= 0.3 is 5.97 Å². The third-order valence-corrected chi connectivity index (χ3v) is 2.69. The first-order valence-corrected chi connectivity index (χ1v) is 5.67. The van der Waals surface area contributed by atoms with Gasteiger partial charge in [0.2, 0.25) is 0 Å². The lowest BCUT2D eigenvalue weighted by atomic mass is 10.1. The topological polar surface area (TPSA) is 26.3 Å². The molecular weight excluding hydrogens is 236 g/mol. The summed E-state index contributed by atoms with van der Waals surface area (Å²) in [5.41, 5.74) is 0.732. The number of alkyl halides is 1. The molecule has 0 amide bonds. The second-order valence-electron chi connectivity index (χ2n) is 3.51.